The van der Waals surface area contributed by atoms with E-state index in [1.165, 1.54) is 0 Å². The Morgan fingerprint density at radius 1 is 1.35 bits per heavy atom. The molecule has 0 radical (unpaired) electrons. The van der Waals surface area contributed by atoms with Crippen LogP contribution in [0.5, 0.6) is 0 Å². The number of H-pyrrole nitrogens is 1. The highest BCUT2D eigenvalue weighted by atomic mass is 32.2. The first kappa shape index (κ1) is 16.5. The average Bonchev–Trinajstić information content (AvgIpc) is 2.56. The largest absolute Gasteiger partial charge is 0.376 e. The Labute approximate surface area is 140 Å². The second-order valence-corrected chi connectivity index (χ2v) is 6.72. The van der Waals surface area contributed by atoms with E-state index in [4.69, 9.17) is 9.47 Å². The van der Waals surface area contributed by atoms with Crippen molar-refractivity contribution in [2.24, 2.45) is 0 Å². The molecule has 5 nitrogen and oxygen atoms in total. The highest BCUT2D eigenvalue weighted by Crippen LogP contribution is 2.20. The van der Waals surface area contributed by atoms with Crippen LogP contribution in [0.2, 0.25) is 0 Å². The van der Waals surface area contributed by atoms with Gasteiger partial charge >= 0.3 is 0 Å². The number of hydrogen-bond donors (Lipinski definition) is 1. The standard InChI is InChI=1S/C17H22N2O3S/c1-19(10-14-11-21-5-6-22-14)9-13-7-12-3-4-15(23-2)8-16(12)18-17(13)20/h3-4,7-8,14H,5-6,9-11H2,1-2H3,(H,18,20). The van der Waals surface area contributed by atoms with Gasteiger partial charge in [0.25, 0.3) is 5.56 Å². The molecule has 1 fully saturated rings. The summed E-state index contributed by atoms with van der Waals surface area (Å²) < 4.78 is 11.1. The number of benzene rings is 1. The maximum atomic E-state index is 12.3. The molecule has 0 saturated carbocycles. The molecule has 0 bridgehead atoms. The van der Waals surface area contributed by atoms with Crippen molar-refractivity contribution >= 4 is 22.7 Å². The molecule has 0 spiro atoms. The Kier molecular flexibility index (Phi) is 5.38. The summed E-state index contributed by atoms with van der Waals surface area (Å²) in [5.41, 5.74) is 1.63. The first-order valence-electron chi connectivity index (χ1n) is 7.73. The monoisotopic (exact) mass is 334 g/mol. The summed E-state index contributed by atoms with van der Waals surface area (Å²) in [5.74, 6) is 0. The third-order valence-electron chi connectivity index (χ3n) is 3.97. The lowest BCUT2D eigenvalue weighted by atomic mass is 10.1. The van der Waals surface area contributed by atoms with Crippen LogP contribution >= 0.6 is 11.8 Å². The summed E-state index contributed by atoms with van der Waals surface area (Å²) in [6, 6.07) is 8.12. The SMILES string of the molecule is CSc1ccc2cc(CN(C)CC3COCCO3)c(=O)[nH]c2c1. The fourth-order valence-electron chi connectivity index (χ4n) is 2.81. The quantitative estimate of drug-likeness (QED) is 0.849. The van der Waals surface area contributed by atoms with E-state index in [2.05, 4.69) is 22.0 Å². The van der Waals surface area contributed by atoms with Crippen molar-refractivity contribution in [2.45, 2.75) is 17.5 Å². The Morgan fingerprint density at radius 3 is 2.96 bits per heavy atom. The zero-order valence-electron chi connectivity index (χ0n) is 13.5. The van der Waals surface area contributed by atoms with E-state index in [-0.39, 0.29) is 11.7 Å². The van der Waals surface area contributed by atoms with Crippen LogP contribution in [0, 0.1) is 0 Å². The van der Waals surface area contributed by atoms with Gasteiger partial charge in [0.1, 0.15) is 0 Å². The fraction of sp³-hybridized carbons (Fsp3) is 0.471. The van der Waals surface area contributed by atoms with Gasteiger partial charge in [-0.1, -0.05) is 6.07 Å². The first-order chi connectivity index (χ1) is 11.2. The minimum absolute atomic E-state index is 0.0246. The molecule has 23 heavy (non-hydrogen) atoms. The van der Waals surface area contributed by atoms with Crippen LogP contribution in [0.1, 0.15) is 5.56 Å². The van der Waals surface area contributed by atoms with Crippen molar-refractivity contribution in [1.82, 2.24) is 9.88 Å². The van der Waals surface area contributed by atoms with Crippen LogP contribution in [-0.4, -0.2) is 55.7 Å². The number of rotatable bonds is 5. The summed E-state index contributed by atoms with van der Waals surface area (Å²) in [4.78, 5) is 18.6. The van der Waals surface area contributed by atoms with Crippen molar-refractivity contribution in [3.8, 4) is 0 Å². The van der Waals surface area contributed by atoms with Crippen LogP contribution in [0.4, 0.5) is 0 Å². The molecule has 2 aromatic rings. The van der Waals surface area contributed by atoms with Crippen LogP contribution in [0.3, 0.4) is 0 Å². The minimum Gasteiger partial charge on any atom is -0.376 e. The summed E-state index contributed by atoms with van der Waals surface area (Å²) in [5, 5.41) is 1.06. The number of nitrogens with zero attached hydrogens (tertiary/aromatic N) is 1. The van der Waals surface area contributed by atoms with Crippen LogP contribution < -0.4 is 5.56 Å². The minimum atomic E-state index is -0.0246. The Hall–Kier alpha value is -1.34. The predicted octanol–water partition coefficient (Wildman–Crippen LogP) is 2.10. The Balaban J connectivity index is 1.74. The number of nitrogens with one attached hydrogen (secondary N) is 1. The number of hydrogen-bond acceptors (Lipinski definition) is 5. The van der Waals surface area contributed by atoms with Crippen LogP contribution in [0.15, 0.2) is 34.0 Å². The van der Waals surface area contributed by atoms with Crippen LogP contribution in [-0.2, 0) is 16.0 Å². The highest BCUT2D eigenvalue weighted by Gasteiger charge is 2.17. The molecule has 1 unspecified atom stereocenters. The van der Waals surface area contributed by atoms with E-state index in [1.807, 2.05) is 25.4 Å². The second kappa shape index (κ2) is 7.49. The lowest BCUT2D eigenvalue weighted by Crippen LogP contribution is -2.38. The number of pyridine rings is 1. The molecule has 1 aromatic carbocycles. The van der Waals surface area contributed by atoms with Crippen molar-refractivity contribution in [3.05, 3.63) is 40.2 Å². The van der Waals surface area contributed by atoms with Crippen molar-refractivity contribution in [3.63, 3.8) is 0 Å². The molecule has 1 saturated heterocycles. The second-order valence-electron chi connectivity index (χ2n) is 5.84. The third-order valence-corrected chi connectivity index (χ3v) is 4.70. The summed E-state index contributed by atoms with van der Waals surface area (Å²) in [7, 11) is 2.00. The smallest absolute Gasteiger partial charge is 0.252 e. The molecule has 1 aliphatic rings. The zero-order valence-corrected chi connectivity index (χ0v) is 14.3. The topological polar surface area (TPSA) is 54.6 Å². The van der Waals surface area contributed by atoms with E-state index < -0.39 is 0 Å². The maximum Gasteiger partial charge on any atom is 0.252 e. The number of aromatic amines is 1. The number of likely N-dealkylation sites (N-methyl/N-ethyl adjacent to an activating group) is 1. The van der Waals surface area contributed by atoms with Crippen molar-refractivity contribution < 1.29 is 9.47 Å². The molecule has 1 N–H and O–H groups in total. The van der Waals surface area contributed by atoms with E-state index in [0.29, 0.717) is 26.4 Å². The molecule has 1 atom stereocenters. The molecular weight excluding hydrogens is 312 g/mol. The molecule has 0 amide bonds. The van der Waals surface area contributed by atoms with Gasteiger partial charge in [-0.15, -0.1) is 11.8 Å². The molecule has 6 heteroatoms. The van der Waals surface area contributed by atoms with Gasteiger partial charge in [0.05, 0.1) is 25.9 Å². The number of thioether (sulfide) groups is 1. The molecular formula is C17H22N2O3S. The van der Waals surface area contributed by atoms with Gasteiger partial charge in [-0.25, -0.2) is 0 Å². The van der Waals surface area contributed by atoms with Gasteiger partial charge in [0.15, 0.2) is 0 Å². The summed E-state index contributed by atoms with van der Waals surface area (Å²) >= 11 is 1.67. The van der Waals surface area contributed by atoms with Gasteiger partial charge in [-0.2, -0.15) is 0 Å². The van der Waals surface area contributed by atoms with E-state index >= 15 is 0 Å². The Morgan fingerprint density at radius 2 is 2.22 bits per heavy atom. The lowest BCUT2D eigenvalue weighted by molar-refractivity contribution is -0.0963. The van der Waals surface area contributed by atoms with Gasteiger partial charge in [-0.05, 0) is 36.9 Å². The highest BCUT2D eigenvalue weighted by molar-refractivity contribution is 7.98. The number of fused-ring (bicyclic) bond motifs is 1. The molecule has 1 aliphatic heterocycles. The molecule has 1 aromatic heterocycles. The Bertz CT molecular complexity index is 725. The predicted molar refractivity (Wildman–Crippen MR) is 93.2 cm³/mol. The van der Waals surface area contributed by atoms with Gasteiger partial charge in [0.2, 0.25) is 0 Å². The maximum absolute atomic E-state index is 12.3. The summed E-state index contributed by atoms with van der Waals surface area (Å²) in [6.45, 7) is 3.28. The van der Waals surface area contributed by atoms with Crippen molar-refractivity contribution in [1.29, 1.82) is 0 Å². The van der Waals surface area contributed by atoms with Gasteiger partial charge in [0, 0.05) is 29.1 Å². The van der Waals surface area contributed by atoms with Gasteiger partial charge in [-0.3, -0.25) is 9.69 Å². The van der Waals surface area contributed by atoms with E-state index in [9.17, 15) is 4.79 Å². The van der Waals surface area contributed by atoms with E-state index in [1.54, 1.807) is 11.8 Å². The summed E-state index contributed by atoms with van der Waals surface area (Å²) in [6.07, 6.45) is 2.11. The molecule has 124 valence electrons. The molecule has 3 rings (SSSR count). The molecule has 2 heterocycles. The number of ether oxygens (including phenoxy) is 2. The normalized spacial score (nSPS) is 18.7. The average molecular weight is 334 g/mol. The first-order valence-corrected chi connectivity index (χ1v) is 8.96. The third kappa shape index (κ3) is 4.14. The zero-order chi connectivity index (χ0) is 16.2. The number of aromatic nitrogens is 1. The van der Waals surface area contributed by atoms with Crippen molar-refractivity contribution in [2.75, 3.05) is 39.7 Å². The van der Waals surface area contributed by atoms with E-state index in [0.717, 1.165) is 27.9 Å². The van der Waals surface area contributed by atoms with Crippen LogP contribution in [0.25, 0.3) is 10.9 Å². The fourth-order valence-corrected chi connectivity index (χ4v) is 3.25. The molecule has 0 aliphatic carbocycles. The lowest BCUT2D eigenvalue weighted by Gasteiger charge is -2.27. The van der Waals surface area contributed by atoms with Gasteiger partial charge < -0.3 is 14.5 Å².